The van der Waals surface area contributed by atoms with E-state index in [-0.39, 0.29) is 30.0 Å². The van der Waals surface area contributed by atoms with Crippen molar-refractivity contribution in [2.24, 2.45) is 10.9 Å². The fourth-order valence-electron chi connectivity index (χ4n) is 3.47. The average Bonchev–Trinajstić information content (AvgIpc) is 3.12. The van der Waals surface area contributed by atoms with Crippen molar-refractivity contribution in [3.63, 3.8) is 0 Å². The number of hydrogen-bond donors (Lipinski definition) is 3. The van der Waals surface area contributed by atoms with Crippen LogP contribution in [0.5, 0.6) is 0 Å². The van der Waals surface area contributed by atoms with E-state index in [1.165, 1.54) is 0 Å². The largest absolute Gasteiger partial charge is 0.380 e. The van der Waals surface area contributed by atoms with Crippen LogP contribution in [0.25, 0.3) is 0 Å². The third-order valence-corrected chi connectivity index (χ3v) is 5.16. The standard InChI is InChI=1S/C21H33N7O.HI/c1-15(2)18(24-16-8-6-5-7-9-16)12-23-21(22-3)25-17-10-11-20-26-19(14-29-4)27-28(20)13-17;/h5-9,15,17-18,24H,10-14H2,1-4H3,(H2,22,23,25);1H. The molecule has 0 aliphatic carbocycles. The van der Waals surface area contributed by atoms with Crippen molar-refractivity contribution in [3.05, 3.63) is 42.0 Å². The molecule has 2 unspecified atom stereocenters. The van der Waals surface area contributed by atoms with Crippen molar-refractivity contribution >= 4 is 35.6 Å². The van der Waals surface area contributed by atoms with Gasteiger partial charge in [-0.15, -0.1) is 24.0 Å². The molecule has 0 saturated carbocycles. The van der Waals surface area contributed by atoms with Crippen LogP contribution in [0.15, 0.2) is 35.3 Å². The van der Waals surface area contributed by atoms with E-state index in [0.717, 1.165) is 49.2 Å². The van der Waals surface area contributed by atoms with E-state index in [1.54, 1.807) is 7.11 Å². The highest BCUT2D eigenvalue weighted by molar-refractivity contribution is 14.0. The van der Waals surface area contributed by atoms with Gasteiger partial charge in [0.15, 0.2) is 11.8 Å². The summed E-state index contributed by atoms with van der Waals surface area (Å²) in [5.74, 6) is 3.07. The molecule has 1 aliphatic rings. The zero-order valence-corrected chi connectivity index (χ0v) is 20.6. The minimum Gasteiger partial charge on any atom is -0.380 e. The van der Waals surface area contributed by atoms with Crippen LogP contribution in [0.2, 0.25) is 0 Å². The molecule has 1 aromatic carbocycles. The lowest BCUT2D eigenvalue weighted by molar-refractivity contribution is 0.177. The lowest BCUT2D eigenvalue weighted by Crippen LogP contribution is -2.50. The summed E-state index contributed by atoms with van der Waals surface area (Å²) in [7, 11) is 3.47. The molecule has 166 valence electrons. The first-order valence-electron chi connectivity index (χ1n) is 10.3. The van der Waals surface area contributed by atoms with E-state index < -0.39 is 0 Å². The summed E-state index contributed by atoms with van der Waals surface area (Å²) in [5, 5.41) is 15.2. The predicted octanol–water partition coefficient (Wildman–Crippen LogP) is 2.66. The summed E-state index contributed by atoms with van der Waals surface area (Å²) in [6.07, 6.45) is 1.90. The molecule has 2 aromatic rings. The Morgan fingerprint density at radius 3 is 2.73 bits per heavy atom. The molecular weight excluding hydrogens is 493 g/mol. The molecule has 2 heterocycles. The van der Waals surface area contributed by atoms with Crippen molar-refractivity contribution < 1.29 is 4.74 Å². The first-order valence-corrected chi connectivity index (χ1v) is 10.3. The molecule has 0 bridgehead atoms. The number of anilines is 1. The number of aliphatic imine (C=N–C) groups is 1. The van der Waals surface area contributed by atoms with Gasteiger partial charge in [-0.2, -0.15) is 5.10 Å². The monoisotopic (exact) mass is 527 g/mol. The van der Waals surface area contributed by atoms with Crippen molar-refractivity contribution in [2.45, 2.75) is 51.9 Å². The molecule has 0 fully saturated rings. The van der Waals surface area contributed by atoms with Gasteiger partial charge in [-0.25, -0.2) is 9.67 Å². The summed E-state index contributed by atoms with van der Waals surface area (Å²) in [5.41, 5.74) is 1.13. The Bertz CT molecular complexity index is 794. The van der Waals surface area contributed by atoms with Gasteiger partial charge in [-0.05, 0) is 24.5 Å². The molecule has 0 spiro atoms. The van der Waals surface area contributed by atoms with Crippen LogP contribution < -0.4 is 16.0 Å². The van der Waals surface area contributed by atoms with Gasteiger partial charge in [-0.3, -0.25) is 4.99 Å². The van der Waals surface area contributed by atoms with Crippen LogP contribution in [-0.2, 0) is 24.3 Å². The van der Waals surface area contributed by atoms with Gasteiger partial charge in [0.1, 0.15) is 12.4 Å². The normalized spacial score (nSPS) is 17.1. The average molecular weight is 527 g/mol. The Balaban J connectivity index is 0.00000320. The Labute approximate surface area is 196 Å². The molecule has 1 aliphatic heterocycles. The number of nitrogens with one attached hydrogen (secondary N) is 3. The number of halogens is 1. The Kier molecular flexibility index (Phi) is 9.83. The molecule has 0 radical (unpaired) electrons. The molecule has 8 nitrogen and oxygen atoms in total. The highest BCUT2D eigenvalue weighted by Gasteiger charge is 2.23. The summed E-state index contributed by atoms with van der Waals surface area (Å²) < 4.78 is 7.12. The van der Waals surface area contributed by atoms with E-state index >= 15 is 0 Å². The number of hydrogen-bond acceptors (Lipinski definition) is 5. The molecule has 30 heavy (non-hydrogen) atoms. The number of fused-ring (bicyclic) bond motifs is 1. The summed E-state index contributed by atoms with van der Waals surface area (Å²) in [4.78, 5) is 8.95. The zero-order valence-electron chi connectivity index (χ0n) is 18.3. The second-order valence-electron chi connectivity index (χ2n) is 7.75. The first kappa shape index (κ1) is 24.4. The van der Waals surface area contributed by atoms with Gasteiger partial charge in [0.05, 0.1) is 6.54 Å². The minimum absolute atomic E-state index is 0. The SMILES string of the molecule is CN=C(NCC(Nc1ccccc1)C(C)C)NC1CCc2nc(COC)nn2C1.I. The Morgan fingerprint density at radius 2 is 2.07 bits per heavy atom. The van der Waals surface area contributed by atoms with Gasteiger partial charge < -0.3 is 20.7 Å². The Morgan fingerprint density at radius 1 is 1.30 bits per heavy atom. The van der Waals surface area contributed by atoms with Gasteiger partial charge in [0.25, 0.3) is 0 Å². The molecule has 1 aromatic heterocycles. The first-order chi connectivity index (χ1) is 14.1. The fourth-order valence-corrected chi connectivity index (χ4v) is 3.47. The molecule has 3 rings (SSSR count). The van der Waals surface area contributed by atoms with Crippen LogP contribution in [-0.4, -0.2) is 53.5 Å². The van der Waals surface area contributed by atoms with Crippen LogP contribution in [0.1, 0.15) is 31.9 Å². The second kappa shape index (κ2) is 12.1. The molecular formula is C21H34IN7O. The zero-order chi connectivity index (χ0) is 20.6. The maximum absolute atomic E-state index is 5.14. The number of methoxy groups -OCH3 is 1. The predicted molar refractivity (Wildman–Crippen MR) is 131 cm³/mol. The van der Waals surface area contributed by atoms with Crippen molar-refractivity contribution in [2.75, 3.05) is 26.0 Å². The summed E-state index contributed by atoms with van der Waals surface area (Å²) in [6.45, 7) is 6.47. The topological polar surface area (TPSA) is 88.4 Å². The van der Waals surface area contributed by atoms with Gasteiger partial charge in [0.2, 0.25) is 0 Å². The van der Waals surface area contributed by atoms with E-state index in [2.05, 4.69) is 57.0 Å². The van der Waals surface area contributed by atoms with Crippen molar-refractivity contribution in [3.8, 4) is 0 Å². The maximum atomic E-state index is 5.14. The molecule has 9 heteroatoms. The molecule has 0 amide bonds. The van der Waals surface area contributed by atoms with Crippen LogP contribution in [0, 0.1) is 5.92 Å². The minimum atomic E-state index is 0. The highest BCUT2D eigenvalue weighted by Crippen LogP contribution is 2.14. The number of nitrogens with zero attached hydrogens (tertiary/aromatic N) is 4. The lowest BCUT2D eigenvalue weighted by Gasteiger charge is -2.28. The number of para-hydroxylation sites is 1. The van der Waals surface area contributed by atoms with Gasteiger partial charge >= 0.3 is 0 Å². The van der Waals surface area contributed by atoms with E-state index in [4.69, 9.17) is 4.74 Å². The highest BCUT2D eigenvalue weighted by atomic mass is 127. The van der Waals surface area contributed by atoms with Crippen LogP contribution in [0.3, 0.4) is 0 Å². The quantitative estimate of drug-likeness (QED) is 0.278. The molecule has 3 N–H and O–H groups in total. The number of guanidine groups is 1. The third kappa shape index (κ3) is 6.83. The number of aryl methyl sites for hydroxylation is 1. The van der Waals surface area contributed by atoms with Crippen LogP contribution >= 0.6 is 24.0 Å². The van der Waals surface area contributed by atoms with Crippen molar-refractivity contribution in [1.29, 1.82) is 0 Å². The van der Waals surface area contributed by atoms with E-state index in [9.17, 15) is 0 Å². The summed E-state index contributed by atoms with van der Waals surface area (Å²) >= 11 is 0. The maximum Gasteiger partial charge on any atom is 0.191 e. The van der Waals surface area contributed by atoms with E-state index in [0.29, 0.717) is 18.6 Å². The second-order valence-corrected chi connectivity index (χ2v) is 7.75. The molecule has 0 saturated heterocycles. The van der Waals surface area contributed by atoms with E-state index in [1.807, 2.05) is 29.9 Å². The summed E-state index contributed by atoms with van der Waals surface area (Å²) in [6, 6.07) is 10.9. The third-order valence-electron chi connectivity index (χ3n) is 5.16. The molecule has 2 atom stereocenters. The van der Waals surface area contributed by atoms with Crippen LogP contribution in [0.4, 0.5) is 5.69 Å². The number of aromatic nitrogens is 3. The fraction of sp³-hybridized carbons (Fsp3) is 0.571. The number of ether oxygens (including phenoxy) is 1. The van der Waals surface area contributed by atoms with Crippen molar-refractivity contribution in [1.82, 2.24) is 25.4 Å². The lowest BCUT2D eigenvalue weighted by atomic mass is 10.0. The number of benzene rings is 1. The Hall–Kier alpha value is -1.88. The van der Waals surface area contributed by atoms with Gasteiger partial charge in [-0.1, -0.05) is 32.0 Å². The smallest absolute Gasteiger partial charge is 0.191 e. The van der Waals surface area contributed by atoms with Gasteiger partial charge in [0, 0.05) is 44.9 Å². The number of rotatable bonds is 8.